The lowest BCUT2D eigenvalue weighted by molar-refractivity contribution is 0.0659. The lowest BCUT2D eigenvalue weighted by Gasteiger charge is -2.62. The molecule has 0 saturated heterocycles. The van der Waals surface area contributed by atoms with E-state index in [2.05, 4.69) is 71.6 Å². The average Bonchev–Trinajstić information content (AvgIpc) is 3.10. The molecule has 0 amide bonds. The molecule has 0 radical (unpaired) electrons. The molecule has 3 heteroatoms. The highest BCUT2D eigenvalue weighted by atomic mass is 16.3. The van der Waals surface area contributed by atoms with Crippen LogP contribution in [-0.4, -0.2) is 4.98 Å². The van der Waals surface area contributed by atoms with Crippen LogP contribution in [0.5, 0.6) is 0 Å². The summed E-state index contributed by atoms with van der Waals surface area (Å²) < 4.78 is 6.39. The second-order valence-corrected chi connectivity index (χ2v) is 9.53. The summed E-state index contributed by atoms with van der Waals surface area (Å²) in [6.07, 6.45) is 1.88. The first-order valence-corrected chi connectivity index (χ1v) is 9.91. The van der Waals surface area contributed by atoms with E-state index in [4.69, 9.17) is 9.40 Å². The molecule has 27 heavy (non-hydrogen) atoms. The van der Waals surface area contributed by atoms with Gasteiger partial charge in [-0.3, -0.25) is 4.98 Å². The number of nitrogens with zero attached hydrogens (tertiary/aromatic N) is 2. The van der Waals surface area contributed by atoms with Gasteiger partial charge in [0.25, 0.3) is 0 Å². The Labute approximate surface area is 161 Å². The molecule has 0 fully saturated rings. The first-order valence-electron chi connectivity index (χ1n) is 9.91. The molecule has 0 saturated carbocycles. The standard InChI is InChI=1S/C24H28N2O/c1-14-10-8-11-16-20(14)26-15(2)21-18(19-17(27-21)12-9-13-25-19)24(26,7)23(5,6)22(16,3)4/h8-13,15H,1-7H3. The summed E-state index contributed by atoms with van der Waals surface area (Å²) in [7, 11) is 0. The maximum Gasteiger partial charge on any atom is 0.153 e. The van der Waals surface area contributed by atoms with Crippen LogP contribution in [0.15, 0.2) is 40.9 Å². The second-order valence-electron chi connectivity index (χ2n) is 9.53. The van der Waals surface area contributed by atoms with Gasteiger partial charge in [-0.1, -0.05) is 45.9 Å². The maximum atomic E-state index is 6.39. The molecular weight excluding hydrogens is 332 g/mol. The topological polar surface area (TPSA) is 29.3 Å². The van der Waals surface area contributed by atoms with E-state index < -0.39 is 0 Å². The number of pyridine rings is 1. The fourth-order valence-electron chi connectivity index (χ4n) is 5.80. The molecule has 4 heterocycles. The van der Waals surface area contributed by atoms with Gasteiger partial charge in [0.05, 0.1) is 11.6 Å². The maximum absolute atomic E-state index is 6.39. The van der Waals surface area contributed by atoms with E-state index in [1.165, 1.54) is 22.4 Å². The zero-order valence-corrected chi connectivity index (χ0v) is 17.3. The Morgan fingerprint density at radius 2 is 1.78 bits per heavy atom. The number of fused-ring (bicyclic) bond motifs is 7. The number of benzene rings is 1. The number of hydrogen-bond donors (Lipinski definition) is 0. The SMILES string of the molecule is Cc1cccc2c1N1C(C)c3oc4cccnc4c3C1(C)C(C)(C)C2(C)C. The lowest BCUT2D eigenvalue weighted by Crippen LogP contribution is -2.62. The number of anilines is 1. The van der Waals surface area contributed by atoms with E-state index in [0.29, 0.717) is 0 Å². The van der Waals surface area contributed by atoms with Crippen LogP contribution >= 0.6 is 0 Å². The van der Waals surface area contributed by atoms with Gasteiger partial charge in [-0.05, 0) is 49.4 Å². The van der Waals surface area contributed by atoms with Crippen molar-refractivity contribution in [3.05, 3.63) is 59.0 Å². The quantitative estimate of drug-likeness (QED) is 0.474. The van der Waals surface area contributed by atoms with Crippen LogP contribution in [0.4, 0.5) is 5.69 Å². The molecular formula is C24H28N2O. The van der Waals surface area contributed by atoms with Gasteiger partial charge in [-0.25, -0.2) is 0 Å². The van der Waals surface area contributed by atoms with Crippen LogP contribution in [-0.2, 0) is 11.0 Å². The minimum atomic E-state index is -0.204. The molecule has 0 aliphatic carbocycles. The van der Waals surface area contributed by atoms with Gasteiger partial charge in [-0.2, -0.15) is 0 Å². The zero-order chi connectivity index (χ0) is 19.4. The number of furan rings is 1. The van der Waals surface area contributed by atoms with E-state index in [1.54, 1.807) is 0 Å². The Bertz CT molecular complexity index is 1090. The number of rotatable bonds is 0. The van der Waals surface area contributed by atoms with Gasteiger partial charge < -0.3 is 9.32 Å². The molecule has 140 valence electrons. The van der Waals surface area contributed by atoms with Crippen molar-refractivity contribution in [3.63, 3.8) is 0 Å². The van der Waals surface area contributed by atoms with E-state index in [-0.39, 0.29) is 22.4 Å². The molecule has 2 atom stereocenters. The molecule has 3 aromatic rings. The zero-order valence-electron chi connectivity index (χ0n) is 17.3. The van der Waals surface area contributed by atoms with E-state index in [1.807, 2.05) is 18.3 Å². The highest BCUT2D eigenvalue weighted by Crippen LogP contribution is 2.68. The first-order chi connectivity index (χ1) is 12.6. The Balaban J connectivity index is 1.95. The first kappa shape index (κ1) is 16.9. The molecule has 2 aliphatic rings. The molecule has 0 spiro atoms. The van der Waals surface area contributed by atoms with Crippen molar-refractivity contribution in [1.82, 2.24) is 4.98 Å². The van der Waals surface area contributed by atoms with Crippen LogP contribution in [0.2, 0.25) is 0 Å². The van der Waals surface area contributed by atoms with E-state index >= 15 is 0 Å². The third-order valence-corrected chi connectivity index (χ3v) is 8.14. The summed E-state index contributed by atoms with van der Waals surface area (Å²) >= 11 is 0. The average molecular weight is 361 g/mol. The van der Waals surface area contributed by atoms with Crippen LogP contribution in [0.3, 0.4) is 0 Å². The summed E-state index contributed by atoms with van der Waals surface area (Å²) in [6, 6.07) is 10.9. The fraction of sp³-hybridized carbons (Fsp3) is 0.458. The van der Waals surface area contributed by atoms with Crippen molar-refractivity contribution in [2.24, 2.45) is 5.41 Å². The summed E-state index contributed by atoms with van der Waals surface area (Å²) in [5.74, 6) is 1.08. The largest absolute Gasteiger partial charge is 0.457 e. The number of aryl methyl sites for hydroxylation is 1. The minimum Gasteiger partial charge on any atom is -0.457 e. The van der Waals surface area contributed by atoms with Crippen LogP contribution in [0, 0.1) is 12.3 Å². The predicted molar refractivity (Wildman–Crippen MR) is 110 cm³/mol. The molecule has 0 bridgehead atoms. The predicted octanol–water partition coefficient (Wildman–Crippen LogP) is 6.25. The Morgan fingerprint density at radius 3 is 2.52 bits per heavy atom. The van der Waals surface area contributed by atoms with Crippen molar-refractivity contribution in [1.29, 1.82) is 0 Å². The number of para-hydroxylation sites is 1. The Kier molecular flexibility index (Phi) is 2.97. The summed E-state index contributed by atoms with van der Waals surface area (Å²) in [6.45, 7) is 16.5. The van der Waals surface area contributed by atoms with Crippen molar-refractivity contribution < 1.29 is 4.42 Å². The second kappa shape index (κ2) is 4.76. The normalized spacial score (nSPS) is 27.4. The highest BCUT2D eigenvalue weighted by molar-refractivity contribution is 5.84. The van der Waals surface area contributed by atoms with Gasteiger partial charge in [0, 0.05) is 22.9 Å². The number of aromatic nitrogens is 1. The molecule has 2 aliphatic heterocycles. The van der Waals surface area contributed by atoms with Gasteiger partial charge in [0.1, 0.15) is 11.3 Å². The molecule has 1 aromatic carbocycles. The van der Waals surface area contributed by atoms with Gasteiger partial charge >= 0.3 is 0 Å². The van der Waals surface area contributed by atoms with E-state index in [0.717, 1.165) is 16.9 Å². The van der Waals surface area contributed by atoms with Crippen molar-refractivity contribution >= 4 is 16.8 Å². The Hall–Kier alpha value is -2.29. The third kappa shape index (κ3) is 1.63. The van der Waals surface area contributed by atoms with Crippen LogP contribution in [0.25, 0.3) is 11.1 Å². The summed E-state index contributed by atoms with van der Waals surface area (Å²) in [5, 5.41) is 0. The summed E-state index contributed by atoms with van der Waals surface area (Å²) in [4.78, 5) is 7.37. The summed E-state index contributed by atoms with van der Waals surface area (Å²) in [5.41, 5.74) is 7.09. The molecule has 2 aromatic heterocycles. The van der Waals surface area contributed by atoms with Gasteiger partial charge in [0.2, 0.25) is 0 Å². The van der Waals surface area contributed by atoms with Crippen LogP contribution in [0.1, 0.15) is 70.0 Å². The van der Waals surface area contributed by atoms with Crippen LogP contribution < -0.4 is 4.90 Å². The molecule has 2 unspecified atom stereocenters. The fourth-order valence-corrected chi connectivity index (χ4v) is 5.80. The molecule has 0 N–H and O–H groups in total. The monoisotopic (exact) mass is 360 g/mol. The van der Waals surface area contributed by atoms with Crippen molar-refractivity contribution in [2.45, 2.75) is 65.5 Å². The van der Waals surface area contributed by atoms with Crippen molar-refractivity contribution in [3.8, 4) is 0 Å². The van der Waals surface area contributed by atoms with Gasteiger partial charge in [-0.15, -0.1) is 0 Å². The molecule has 5 rings (SSSR count). The number of hydrogen-bond acceptors (Lipinski definition) is 3. The minimum absolute atomic E-state index is 0.000687. The van der Waals surface area contributed by atoms with Crippen molar-refractivity contribution in [2.75, 3.05) is 4.90 Å². The third-order valence-electron chi connectivity index (χ3n) is 8.14. The Morgan fingerprint density at radius 1 is 1.04 bits per heavy atom. The van der Waals surface area contributed by atoms with Gasteiger partial charge in [0.15, 0.2) is 5.58 Å². The smallest absolute Gasteiger partial charge is 0.153 e. The highest BCUT2D eigenvalue weighted by Gasteiger charge is 2.65. The lowest BCUT2D eigenvalue weighted by atomic mass is 9.51. The molecule has 3 nitrogen and oxygen atoms in total. The van der Waals surface area contributed by atoms with E-state index in [9.17, 15) is 0 Å².